The Hall–Kier alpha value is -2.38. The summed E-state index contributed by atoms with van der Waals surface area (Å²) in [5.41, 5.74) is 3.64. The second-order valence-electron chi connectivity index (χ2n) is 6.20. The van der Waals surface area contributed by atoms with Gasteiger partial charge in [0.25, 0.3) is 15.9 Å². The lowest BCUT2D eigenvalue weighted by molar-refractivity contribution is -0.119. The van der Waals surface area contributed by atoms with Crippen molar-refractivity contribution in [3.05, 3.63) is 59.6 Å². The lowest BCUT2D eigenvalue weighted by Gasteiger charge is -2.24. The topological polar surface area (TPSA) is 78.8 Å². The maximum atomic E-state index is 13.1. The predicted octanol–water partition coefficient (Wildman–Crippen LogP) is 3.58. The molecule has 3 rings (SSSR count). The first kappa shape index (κ1) is 19.4. The number of carbonyl (C=O) groups is 1. The predicted molar refractivity (Wildman–Crippen MR) is 106 cm³/mol. The van der Waals surface area contributed by atoms with Gasteiger partial charge < -0.3 is 0 Å². The fraction of sp³-hybridized carbons (Fsp3) is 0.263. The number of amides is 1. The first-order valence-electron chi connectivity index (χ1n) is 8.65. The van der Waals surface area contributed by atoms with Gasteiger partial charge in [0.1, 0.15) is 6.54 Å². The van der Waals surface area contributed by atoms with E-state index in [0.717, 1.165) is 35.7 Å². The summed E-state index contributed by atoms with van der Waals surface area (Å²) in [5.74, 6) is -0.520. The van der Waals surface area contributed by atoms with Crippen LogP contribution in [0.1, 0.15) is 25.7 Å². The zero-order valence-corrected chi connectivity index (χ0v) is 16.2. The van der Waals surface area contributed by atoms with Crippen molar-refractivity contribution in [1.82, 2.24) is 5.43 Å². The number of benzene rings is 2. The van der Waals surface area contributed by atoms with Crippen molar-refractivity contribution < 1.29 is 13.2 Å². The highest BCUT2D eigenvalue weighted by atomic mass is 35.5. The number of halogens is 1. The van der Waals surface area contributed by atoms with Crippen LogP contribution in [0.3, 0.4) is 0 Å². The number of sulfonamides is 1. The third kappa shape index (κ3) is 4.67. The van der Waals surface area contributed by atoms with E-state index in [4.69, 9.17) is 11.6 Å². The van der Waals surface area contributed by atoms with E-state index < -0.39 is 22.5 Å². The number of hydrogen-bond acceptors (Lipinski definition) is 4. The molecule has 1 amide bonds. The SMILES string of the molecule is O=C(CN(c1ccccc1Cl)S(=O)(=O)c1ccccc1)NN=C1CCCC1. The van der Waals surface area contributed by atoms with Gasteiger partial charge in [-0.3, -0.25) is 9.10 Å². The molecule has 6 nitrogen and oxygen atoms in total. The lowest BCUT2D eigenvalue weighted by Crippen LogP contribution is -2.40. The molecule has 1 N–H and O–H groups in total. The Morgan fingerprint density at radius 2 is 1.67 bits per heavy atom. The van der Waals surface area contributed by atoms with E-state index >= 15 is 0 Å². The van der Waals surface area contributed by atoms with Crippen LogP contribution in [-0.4, -0.2) is 26.6 Å². The molecule has 0 unspecified atom stereocenters. The highest BCUT2D eigenvalue weighted by Crippen LogP contribution is 2.30. The van der Waals surface area contributed by atoms with Gasteiger partial charge in [-0.1, -0.05) is 41.9 Å². The number of anilines is 1. The van der Waals surface area contributed by atoms with E-state index in [1.54, 1.807) is 42.5 Å². The van der Waals surface area contributed by atoms with Crippen LogP contribution in [0.5, 0.6) is 0 Å². The fourth-order valence-corrected chi connectivity index (χ4v) is 4.62. The molecule has 1 aliphatic carbocycles. The van der Waals surface area contributed by atoms with Crippen LogP contribution < -0.4 is 9.73 Å². The minimum absolute atomic E-state index is 0.0832. The summed E-state index contributed by atoms with van der Waals surface area (Å²) in [6, 6.07) is 14.5. The molecule has 1 fully saturated rings. The molecule has 2 aromatic rings. The Bertz CT molecular complexity index is 938. The number of para-hydroxylation sites is 1. The van der Waals surface area contributed by atoms with Crippen molar-refractivity contribution in [2.45, 2.75) is 30.6 Å². The molecular weight excluding hydrogens is 386 g/mol. The Balaban J connectivity index is 1.90. The first-order chi connectivity index (χ1) is 13.0. The van der Waals surface area contributed by atoms with Gasteiger partial charge in [-0.15, -0.1) is 0 Å². The number of hydrazone groups is 1. The molecular formula is C19H20ClN3O3S. The summed E-state index contributed by atoms with van der Waals surface area (Å²) in [7, 11) is -3.97. The Kier molecular flexibility index (Phi) is 6.13. The maximum absolute atomic E-state index is 13.1. The van der Waals surface area contributed by atoms with E-state index in [-0.39, 0.29) is 15.6 Å². The van der Waals surface area contributed by atoms with Gasteiger partial charge in [0, 0.05) is 5.71 Å². The van der Waals surface area contributed by atoms with Crippen molar-refractivity contribution in [3.63, 3.8) is 0 Å². The molecule has 0 aromatic heterocycles. The van der Waals surface area contributed by atoms with Crippen molar-refractivity contribution in [2.24, 2.45) is 5.10 Å². The molecule has 0 bridgehead atoms. The third-order valence-electron chi connectivity index (χ3n) is 4.26. The lowest BCUT2D eigenvalue weighted by atomic mass is 10.3. The van der Waals surface area contributed by atoms with Crippen LogP contribution in [0.25, 0.3) is 0 Å². The second kappa shape index (κ2) is 8.54. The van der Waals surface area contributed by atoms with E-state index in [9.17, 15) is 13.2 Å². The molecule has 0 heterocycles. The molecule has 1 saturated carbocycles. The largest absolute Gasteiger partial charge is 0.271 e. The number of nitrogens with zero attached hydrogens (tertiary/aromatic N) is 2. The first-order valence-corrected chi connectivity index (χ1v) is 10.5. The van der Waals surface area contributed by atoms with E-state index in [1.165, 1.54) is 12.1 Å². The van der Waals surface area contributed by atoms with Crippen LogP contribution in [0.4, 0.5) is 5.69 Å². The third-order valence-corrected chi connectivity index (χ3v) is 6.35. The molecule has 27 heavy (non-hydrogen) atoms. The molecule has 0 spiro atoms. The second-order valence-corrected chi connectivity index (χ2v) is 8.47. The van der Waals surface area contributed by atoms with Gasteiger partial charge in [0.2, 0.25) is 0 Å². The zero-order chi connectivity index (χ0) is 19.3. The minimum Gasteiger partial charge on any atom is -0.271 e. The summed E-state index contributed by atoms with van der Waals surface area (Å²) in [6.45, 7) is -0.419. The van der Waals surface area contributed by atoms with Gasteiger partial charge >= 0.3 is 0 Å². The van der Waals surface area contributed by atoms with E-state index in [0.29, 0.717) is 0 Å². The average Bonchev–Trinajstić information content (AvgIpc) is 3.19. The van der Waals surface area contributed by atoms with Gasteiger partial charge in [-0.25, -0.2) is 13.8 Å². The van der Waals surface area contributed by atoms with Gasteiger partial charge in [0.15, 0.2) is 0 Å². The average molecular weight is 406 g/mol. The molecule has 0 saturated heterocycles. The van der Waals surface area contributed by atoms with Gasteiger partial charge in [-0.2, -0.15) is 5.10 Å². The summed E-state index contributed by atoms with van der Waals surface area (Å²) in [5, 5.41) is 4.35. The van der Waals surface area contributed by atoms with Crippen LogP contribution in [-0.2, 0) is 14.8 Å². The normalized spacial score (nSPS) is 14.0. The number of carbonyl (C=O) groups excluding carboxylic acids is 1. The standard InChI is InChI=1S/C19H20ClN3O3S/c20-17-12-6-7-13-18(17)23(27(25,26)16-10-2-1-3-11-16)14-19(24)22-21-15-8-4-5-9-15/h1-3,6-7,10-13H,4-5,8-9,14H2,(H,22,24). The van der Waals surface area contributed by atoms with Crippen LogP contribution in [0.2, 0.25) is 5.02 Å². The van der Waals surface area contributed by atoms with Gasteiger partial charge in [0.05, 0.1) is 15.6 Å². The quantitative estimate of drug-likeness (QED) is 0.746. The number of nitrogens with one attached hydrogen (secondary N) is 1. The smallest absolute Gasteiger partial charge is 0.264 e. The summed E-state index contributed by atoms with van der Waals surface area (Å²) in [4.78, 5) is 12.5. The minimum atomic E-state index is -3.97. The van der Waals surface area contributed by atoms with E-state index in [1.807, 2.05) is 0 Å². The van der Waals surface area contributed by atoms with Crippen LogP contribution >= 0.6 is 11.6 Å². The van der Waals surface area contributed by atoms with Gasteiger partial charge in [-0.05, 0) is 49.9 Å². The van der Waals surface area contributed by atoms with Crippen molar-refractivity contribution in [3.8, 4) is 0 Å². The van der Waals surface area contributed by atoms with Crippen LogP contribution in [0, 0.1) is 0 Å². The highest BCUT2D eigenvalue weighted by molar-refractivity contribution is 7.92. The molecule has 0 aliphatic heterocycles. The highest BCUT2D eigenvalue weighted by Gasteiger charge is 2.28. The number of hydrogen-bond donors (Lipinski definition) is 1. The zero-order valence-electron chi connectivity index (χ0n) is 14.6. The monoisotopic (exact) mass is 405 g/mol. The van der Waals surface area contributed by atoms with Crippen molar-refractivity contribution >= 4 is 38.9 Å². The summed E-state index contributed by atoms with van der Waals surface area (Å²) >= 11 is 6.21. The fourth-order valence-electron chi connectivity index (χ4n) is 2.88. The number of rotatable bonds is 6. The molecule has 8 heteroatoms. The summed E-state index contributed by atoms with van der Waals surface area (Å²) in [6.07, 6.45) is 3.83. The molecule has 2 aromatic carbocycles. The van der Waals surface area contributed by atoms with Crippen molar-refractivity contribution in [1.29, 1.82) is 0 Å². The molecule has 0 atom stereocenters. The molecule has 1 aliphatic rings. The van der Waals surface area contributed by atoms with Crippen molar-refractivity contribution in [2.75, 3.05) is 10.8 Å². The molecule has 0 radical (unpaired) electrons. The Morgan fingerprint density at radius 3 is 2.33 bits per heavy atom. The molecule has 142 valence electrons. The maximum Gasteiger partial charge on any atom is 0.264 e. The Labute approximate surface area is 163 Å². The Morgan fingerprint density at radius 1 is 1.04 bits per heavy atom. The van der Waals surface area contributed by atoms with E-state index in [2.05, 4.69) is 10.5 Å². The van der Waals surface area contributed by atoms with Crippen LogP contribution in [0.15, 0.2) is 64.6 Å². The summed E-state index contributed by atoms with van der Waals surface area (Å²) < 4.78 is 27.3.